The number of allylic oxidation sites excluding steroid dienone is 12. The van der Waals surface area contributed by atoms with Crippen LogP contribution in [0.1, 0.15) is 303 Å². The molecule has 0 saturated carbocycles. The predicted octanol–water partition coefficient (Wildman–Crippen LogP) is 20.5. The van der Waals surface area contributed by atoms with E-state index in [4.69, 9.17) is 24.3 Å². The van der Waals surface area contributed by atoms with E-state index < -0.39 is 26.5 Å². The average Bonchev–Trinajstić information content (AvgIpc) is 3.41. The summed E-state index contributed by atoms with van der Waals surface area (Å²) in [5, 5.41) is 0. The Balaban J connectivity index is 3.82. The smallest absolute Gasteiger partial charge is 0.462 e. The Morgan fingerprint density at radius 3 is 1.08 bits per heavy atom. The highest BCUT2D eigenvalue weighted by Crippen LogP contribution is 2.43. The van der Waals surface area contributed by atoms with Gasteiger partial charge in [0, 0.05) is 19.4 Å². The molecule has 0 bridgehead atoms. The Kier molecular flexibility index (Phi) is 59.6. The molecule has 76 heavy (non-hydrogen) atoms. The van der Waals surface area contributed by atoms with Gasteiger partial charge in [0.05, 0.1) is 13.2 Å². The lowest BCUT2D eigenvalue weighted by Crippen LogP contribution is -2.29. The van der Waals surface area contributed by atoms with Crippen LogP contribution in [0.2, 0.25) is 0 Å². The summed E-state index contributed by atoms with van der Waals surface area (Å²) in [6.07, 6.45) is 79.9. The third-order valence-corrected chi connectivity index (χ3v) is 14.8. The number of phosphoric ester groups is 1. The van der Waals surface area contributed by atoms with E-state index in [1.165, 1.54) is 193 Å². The number of rotatable bonds is 60. The van der Waals surface area contributed by atoms with Crippen LogP contribution in [-0.4, -0.2) is 49.3 Å². The zero-order chi connectivity index (χ0) is 55.2. The van der Waals surface area contributed by atoms with Gasteiger partial charge >= 0.3 is 19.8 Å². The van der Waals surface area contributed by atoms with E-state index in [9.17, 15) is 19.0 Å². The zero-order valence-corrected chi connectivity index (χ0v) is 50.4. The number of ether oxygens (including phenoxy) is 2. The van der Waals surface area contributed by atoms with Crippen LogP contribution in [0.3, 0.4) is 0 Å². The molecule has 0 aromatic rings. The summed E-state index contributed by atoms with van der Waals surface area (Å²) in [5.74, 6) is -0.825. The first kappa shape index (κ1) is 73.5. The fraction of sp³-hybridized carbons (Fsp3) is 0.788. The second-order valence-electron chi connectivity index (χ2n) is 21.2. The van der Waals surface area contributed by atoms with E-state index in [1.807, 2.05) is 0 Å². The molecule has 0 radical (unpaired) electrons. The Bertz CT molecular complexity index is 1470. The summed E-state index contributed by atoms with van der Waals surface area (Å²) in [7, 11) is -4.39. The molecule has 0 fully saturated rings. The maximum atomic E-state index is 12.7. The van der Waals surface area contributed by atoms with Gasteiger partial charge in [-0.3, -0.25) is 18.6 Å². The molecule has 3 N–H and O–H groups in total. The quantitative estimate of drug-likeness (QED) is 0.0264. The standard InChI is InChI=1S/C66H120NO8P/c1-3-5-7-9-11-13-15-17-19-21-23-24-25-26-27-28-29-30-31-32-33-34-35-36-37-38-39-40-41-43-45-47-49-51-53-55-57-59-66(69)75-64(63-74-76(70,71)73-61-60-67)62-72-65(68)58-56-54-52-50-48-46-44-42-22-20-18-16-14-12-10-8-6-4-2/h5,7,11,13-14,16-17,19-20,22-24,64H,3-4,6,8-10,12,15,18,21,25-63,67H2,1-2H3,(H,70,71)/b7-5-,13-11-,16-14-,19-17-,22-20-,24-23-. The van der Waals surface area contributed by atoms with Crippen LogP contribution in [0.25, 0.3) is 0 Å². The molecule has 0 aliphatic heterocycles. The van der Waals surface area contributed by atoms with Crippen LogP contribution in [-0.2, 0) is 32.7 Å². The van der Waals surface area contributed by atoms with Crippen LogP contribution >= 0.6 is 7.82 Å². The fourth-order valence-corrected chi connectivity index (χ4v) is 9.90. The lowest BCUT2D eigenvalue weighted by molar-refractivity contribution is -0.161. The van der Waals surface area contributed by atoms with Crippen molar-refractivity contribution in [3.05, 3.63) is 72.9 Å². The minimum atomic E-state index is -4.39. The van der Waals surface area contributed by atoms with E-state index in [2.05, 4.69) is 86.8 Å². The first-order valence-corrected chi connectivity index (χ1v) is 33.4. The summed E-state index contributed by atoms with van der Waals surface area (Å²) in [4.78, 5) is 35.2. The molecule has 0 spiro atoms. The van der Waals surface area contributed by atoms with Crippen molar-refractivity contribution in [2.24, 2.45) is 5.73 Å². The van der Waals surface area contributed by atoms with Crippen molar-refractivity contribution in [1.29, 1.82) is 0 Å². The van der Waals surface area contributed by atoms with E-state index in [0.29, 0.717) is 6.42 Å². The van der Waals surface area contributed by atoms with Crippen molar-refractivity contribution < 1.29 is 37.6 Å². The molecule has 9 nitrogen and oxygen atoms in total. The fourth-order valence-electron chi connectivity index (χ4n) is 9.13. The summed E-state index contributed by atoms with van der Waals surface area (Å²) in [6.45, 7) is 3.64. The van der Waals surface area contributed by atoms with E-state index in [-0.39, 0.29) is 38.6 Å². The van der Waals surface area contributed by atoms with Crippen LogP contribution in [0.4, 0.5) is 0 Å². The Hall–Kier alpha value is -2.55. The zero-order valence-electron chi connectivity index (χ0n) is 49.5. The average molecular weight is 1090 g/mol. The lowest BCUT2D eigenvalue weighted by Gasteiger charge is -2.19. The highest BCUT2D eigenvalue weighted by molar-refractivity contribution is 7.47. The molecule has 0 amide bonds. The molecule has 0 heterocycles. The number of hydrogen-bond donors (Lipinski definition) is 2. The number of carbonyl (C=O) groups excluding carboxylic acids is 2. The van der Waals surface area contributed by atoms with Gasteiger partial charge in [-0.1, -0.05) is 279 Å². The van der Waals surface area contributed by atoms with Crippen molar-refractivity contribution in [2.45, 2.75) is 309 Å². The highest BCUT2D eigenvalue weighted by Gasteiger charge is 2.26. The third-order valence-electron chi connectivity index (χ3n) is 13.8. The first-order chi connectivity index (χ1) is 37.3. The second-order valence-corrected chi connectivity index (χ2v) is 22.7. The number of hydrogen-bond acceptors (Lipinski definition) is 8. The Morgan fingerprint density at radius 1 is 0.408 bits per heavy atom. The highest BCUT2D eigenvalue weighted by atomic mass is 31.2. The number of unbranched alkanes of at least 4 members (excludes halogenated alkanes) is 35. The van der Waals surface area contributed by atoms with Crippen molar-refractivity contribution >= 4 is 19.8 Å². The van der Waals surface area contributed by atoms with Crippen molar-refractivity contribution in [1.82, 2.24) is 0 Å². The van der Waals surface area contributed by atoms with Gasteiger partial charge in [0.25, 0.3) is 0 Å². The maximum Gasteiger partial charge on any atom is 0.472 e. The van der Waals surface area contributed by atoms with E-state index in [1.54, 1.807) is 0 Å². The van der Waals surface area contributed by atoms with Crippen molar-refractivity contribution in [2.75, 3.05) is 26.4 Å². The van der Waals surface area contributed by atoms with Gasteiger partial charge < -0.3 is 20.1 Å². The van der Waals surface area contributed by atoms with Crippen molar-refractivity contribution in [3.63, 3.8) is 0 Å². The van der Waals surface area contributed by atoms with Gasteiger partial charge in [0.2, 0.25) is 0 Å². The topological polar surface area (TPSA) is 134 Å². The van der Waals surface area contributed by atoms with Gasteiger partial charge in [-0.2, -0.15) is 0 Å². The monoisotopic (exact) mass is 1090 g/mol. The van der Waals surface area contributed by atoms with Gasteiger partial charge in [-0.15, -0.1) is 0 Å². The molecule has 0 aliphatic rings. The third kappa shape index (κ3) is 60.7. The summed E-state index contributed by atoms with van der Waals surface area (Å²) in [6, 6.07) is 0. The molecule has 0 saturated heterocycles. The summed E-state index contributed by atoms with van der Waals surface area (Å²) < 4.78 is 33.1. The molecule has 2 atom stereocenters. The van der Waals surface area contributed by atoms with E-state index in [0.717, 1.165) is 77.0 Å². The largest absolute Gasteiger partial charge is 0.472 e. The van der Waals surface area contributed by atoms with Crippen LogP contribution in [0.15, 0.2) is 72.9 Å². The second kappa shape index (κ2) is 61.7. The number of carbonyl (C=O) groups is 2. The SMILES string of the molecule is CC/C=C\C/C=C\C/C=C\C/C=C\CCCCCCCCCCCCCCCCCCCCCCCCCCC(=O)OC(COC(=O)CCCCCCCCC/C=C\C/C=C\CCCCCC)COP(=O)(O)OCCN. The number of esters is 2. The summed E-state index contributed by atoms with van der Waals surface area (Å²) >= 11 is 0. The predicted molar refractivity (Wildman–Crippen MR) is 326 cm³/mol. The molecule has 2 unspecified atom stereocenters. The van der Waals surface area contributed by atoms with Crippen LogP contribution in [0.5, 0.6) is 0 Å². The van der Waals surface area contributed by atoms with Crippen molar-refractivity contribution in [3.8, 4) is 0 Å². The molecular formula is C66H120NO8P. The molecule has 0 aromatic heterocycles. The molecule has 0 aromatic carbocycles. The lowest BCUT2D eigenvalue weighted by atomic mass is 10.0. The minimum Gasteiger partial charge on any atom is -0.462 e. The molecule has 0 aliphatic carbocycles. The molecule has 10 heteroatoms. The number of nitrogens with two attached hydrogens (primary N) is 1. The van der Waals surface area contributed by atoms with Gasteiger partial charge in [-0.25, -0.2) is 4.57 Å². The van der Waals surface area contributed by atoms with Crippen LogP contribution in [0, 0.1) is 0 Å². The Labute approximate surface area is 469 Å². The summed E-state index contributed by atoms with van der Waals surface area (Å²) in [5.41, 5.74) is 5.39. The van der Waals surface area contributed by atoms with Gasteiger partial charge in [0.15, 0.2) is 6.10 Å². The molecule has 0 rings (SSSR count). The Morgan fingerprint density at radius 2 is 0.724 bits per heavy atom. The first-order valence-electron chi connectivity index (χ1n) is 31.9. The van der Waals surface area contributed by atoms with Gasteiger partial charge in [0.1, 0.15) is 6.61 Å². The maximum absolute atomic E-state index is 12.7. The van der Waals surface area contributed by atoms with Crippen LogP contribution < -0.4 is 5.73 Å². The molecular weight excluding hydrogens is 966 g/mol. The number of phosphoric acid groups is 1. The minimum absolute atomic E-state index is 0.0521. The van der Waals surface area contributed by atoms with E-state index >= 15 is 0 Å². The van der Waals surface area contributed by atoms with Gasteiger partial charge in [-0.05, 0) is 83.5 Å². The molecule has 442 valence electrons. The normalized spacial score (nSPS) is 13.5.